The maximum absolute atomic E-state index is 9.65. The van der Waals surface area contributed by atoms with E-state index in [1.807, 2.05) is 0 Å². The van der Waals surface area contributed by atoms with Crippen LogP contribution in [0.3, 0.4) is 0 Å². The summed E-state index contributed by atoms with van der Waals surface area (Å²) in [7, 11) is 0. The molecule has 0 radical (unpaired) electrons. The number of aliphatic hydroxyl groups excluding tert-OH is 1. The molecule has 0 spiro atoms. The van der Waals surface area contributed by atoms with Gasteiger partial charge in [0.15, 0.2) is 0 Å². The first-order valence-corrected chi connectivity index (χ1v) is 2.03. The van der Waals surface area contributed by atoms with E-state index in [0.29, 0.717) is 0 Å². The molecule has 8 heavy (non-hydrogen) atoms. The summed E-state index contributed by atoms with van der Waals surface area (Å²) < 4.78 is 0. The molecule has 0 aliphatic carbocycles. The molecular formula is C4H10O3Po. The summed E-state index contributed by atoms with van der Waals surface area (Å²) >= 11 is 0. The number of aliphatic hydroxyl groups is 1. The van der Waals surface area contributed by atoms with Crippen LogP contribution in [0.15, 0.2) is 0 Å². The average Bonchev–Trinajstić information content (AvgIpc) is 1.27. The van der Waals surface area contributed by atoms with E-state index in [2.05, 4.69) is 0 Å². The van der Waals surface area contributed by atoms with E-state index in [-0.39, 0.29) is 33.0 Å². The molecule has 1 unspecified atom stereocenters. The normalized spacial score (nSPS) is 11.8. The first kappa shape index (κ1) is 11.2. The summed E-state index contributed by atoms with van der Waals surface area (Å²) in [6, 6.07) is 0. The molecule has 1 atom stereocenters. The van der Waals surface area contributed by atoms with Gasteiger partial charge in [-0.25, -0.2) is 0 Å². The van der Waals surface area contributed by atoms with Crippen LogP contribution >= 0.6 is 0 Å². The van der Waals surface area contributed by atoms with Crippen LogP contribution in [0.25, 0.3) is 0 Å². The Morgan fingerprint density at radius 3 is 2.12 bits per heavy atom. The van der Waals surface area contributed by atoms with Crippen LogP contribution in [-0.4, -0.2) is 48.9 Å². The van der Waals surface area contributed by atoms with E-state index < -0.39 is 12.1 Å². The number of hydrogen-bond donors (Lipinski definition) is 2. The third-order valence-electron chi connectivity index (χ3n) is 0.470. The first-order chi connectivity index (χ1) is 3.13. The molecule has 0 amide bonds. The van der Waals surface area contributed by atoms with Gasteiger partial charge >= 0.3 is 32.5 Å². The summed E-state index contributed by atoms with van der Waals surface area (Å²) in [6.45, 7) is 1.44. The van der Waals surface area contributed by atoms with Crippen LogP contribution in [-0.2, 0) is 4.79 Å². The quantitative estimate of drug-likeness (QED) is 0.682. The fourth-order valence-electron chi connectivity index (χ4n) is 0.253. The Morgan fingerprint density at radius 2 is 2.12 bits per heavy atom. The molecule has 0 bridgehead atoms. The van der Waals surface area contributed by atoms with Crippen LogP contribution in [0, 0.1) is 0 Å². The SMILES string of the molecule is CC(O)CC(=O)O.[PoH2]. The number of carboxylic acid groups (broad SMARTS) is 1. The molecule has 0 fully saturated rings. The van der Waals surface area contributed by atoms with Crippen molar-refractivity contribution in [3.8, 4) is 0 Å². The van der Waals surface area contributed by atoms with E-state index in [4.69, 9.17) is 10.2 Å². The molecule has 0 aliphatic heterocycles. The zero-order valence-electron chi connectivity index (χ0n) is 4.59. The van der Waals surface area contributed by atoms with Crippen molar-refractivity contribution < 1.29 is 15.0 Å². The topological polar surface area (TPSA) is 57.5 Å². The minimum atomic E-state index is -0.963. The predicted molar refractivity (Wildman–Crippen MR) is 32.5 cm³/mol. The van der Waals surface area contributed by atoms with Crippen molar-refractivity contribution in [2.75, 3.05) is 0 Å². The van der Waals surface area contributed by atoms with Gasteiger partial charge in [0.1, 0.15) is 0 Å². The van der Waals surface area contributed by atoms with Crippen molar-refractivity contribution in [2.45, 2.75) is 19.4 Å². The molecule has 3 nitrogen and oxygen atoms in total. The zero-order chi connectivity index (χ0) is 5.86. The second kappa shape index (κ2) is 5.46. The molecule has 0 aromatic carbocycles. The van der Waals surface area contributed by atoms with Gasteiger partial charge in [-0.2, -0.15) is 0 Å². The Kier molecular flexibility index (Phi) is 7.62. The van der Waals surface area contributed by atoms with Crippen molar-refractivity contribution in [1.29, 1.82) is 0 Å². The third-order valence-corrected chi connectivity index (χ3v) is 0.470. The van der Waals surface area contributed by atoms with Crippen LogP contribution in [0.4, 0.5) is 0 Å². The number of carboxylic acids is 1. The Bertz CT molecular complexity index is 71.7. The van der Waals surface area contributed by atoms with E-state index in [1.54, 1.807) is 0 Å². The monoisotopic (exact) mass is 315 g/mol. The molecule has 2 N–H and O–H groups in total. The second-order valence-corrected chi connectivity index (χ2v) is 1.45. The molecule has 50 valence electrons. The number of rotatable bonds is 2. The van der Waals surface area contributed by atoms with Crippen molar-refractivity contribution in [3.63, 3.8) is 0 Å². The summed E-state index contributed by atoms with van der Waals surface area (Å²) in [5, 5.41) is 16.3. The Hall–Kier alpha value is 0.326. The fraction of sp³-hybridized carbons (Fsp3) is 0.750. The molecule has 0 saturated heterocycles. The molecule has 0 aliphatic rings. The first-order valence-electron chi connectivity index (χ1n) is 2.03. The van der Waals surface area contributed by atoms with Gasteiger partial charge in [-0.15, -0.1) is 0 Å². The fourth-order valence-corrected chi connectivity index (χ4v) is 0.253. The summed E-state index contributed by atoms with van der Waals surface area (Å²) in [5.74, 6) is -0.963. The molecule has 0 heterocycles. The van der Waals surface area contributed by atoms with Gasteiger partial charge in [0.05, 0.1) is 12.5 Å². The van der Waals surface area contributed by atoms with Crippen LogP contribution < -0.4 is 0 Å². The second-order valence-electron chi connectivity index (χ2n) is 1.45. The average molecular weight is 315 g/mol. The summed E-state index contributed by atoms with van der Waals surface area (Å²) in [6.07, 6.45) is -0.891. The summed E-state index contributed by atoms with van der Waals surface area (Å²) in [4.78, 5) is 9.65. The molecule has 0 saturated carbocycles. The van der Waals surface area contributed by atoms with Gasteiger partial charge in [0.2, 0.25) is 0 Å². The van der Waals surface area contributed by atoms with Crippen molar-refractivity contribution in [1.82, 2.24) is 0 Å². The molecule has 0 rings (SSSR count). The van der Waals surface area contributed by atoms with Crippen LogP contribution in [0.2, 0.25) is 0 Å². The Morgan fingerprint density at radius 1 is 1.75 bits per heavy atom. The Balaban J connectivity index is 0. The number of carbonyl (C=O) groups is 1. The number of hydrogen-bond acceptors (Lipinski definition) is 2. The van der Waals surface area contributed by atoms with Gasteiger partial charge in [-0.3, -0.25) is 4.79 Å². The van der Waals surface area contributed by atoms with E-state index in [9.17, 15) is 4.79 Å². The van der Waals surface area contributed by atoms with Gasteiger partial charge in [-0.05, 0) is 6.92 Å². The number of aliphatic carboxylic acids is 1. The Labute approximate surface area is 67.2 Å². The van der Waals surface area contributed by atoms with E-state index in [1.165, 1.54) is 6.92 Å². The van der Waals surface area contributed by atoms with Gasteiger partial charge < -0.3 is 10.2 Å². The minimum absolute atomic E-state index is 0. The van der Waals surface area contributed by atoms with Gasteiger partial charge in [0.25, 0.3) is 0 Å². The van der Waals surface area contributed by atoms with Crippen molar-refractivity contribution in [3.05, 3.63) is 0 Å². The summed E-state index contributed by atoms with van der Waals surface area (Å²) in [5.41, 5.74) is 0. The predicted octanol–water partition coefficient (Wildman–Crippen LogP) is -1.07. The third kappa shape index (κ3) is 9.59. The van der Waals surface area contributed by atoms with Crippen molar-refractivity contribution in [2.24, 2.45) is 0 Å². The van der Waals surface area contributed by atoms with Crippen LogP contribution in [0.1, 0.15) is 13.3 Å². The van der Waals surface area contributed by atoms with E-state index >= 15 is 0 Å². The molecular weight excluding hydrogens is 305 g/mol. The standard InChI is InChI=1S/C4H8O3.Po.2H/c1-3(5)2-4(6)7;;;/h3,5H,2H2,1H3,(H,6,7);;;. The molecule has 0 aromatic rings. The van der Waals surface area contributed by atoms with E-state index in [0.717, 1.165) is 0 Å². The van der Waals surface area contributed by atoms with Crippen molar-refractivity contribution >= 4 is 32.5 Å². The van der Waals surface area contributed by atoms with Gasteiger partial charge in [0, 0.05) is 0 Å². The van der Waals surface area contributed by atoms with Gasteiger partial charge in [-0.1, -0.05) is 0 Å². The van der Waals surface area contributed by atoms with Crippen LogP contribution in [0.5, 0.6) is 0 Å². The molecule has 0 aromatic heterocycles. The zero-order valence-corrected chi connectivity index (χ0v) is 8.47. The molecule has 4 heteroatoms. The maximum atomic E-state index is 9.65.